The molecule has 5 nitrogen and oxygen atoms in total. The average Bonchev–Trinajstić information content (AvgIpc) is 2.98. The molecule has 2 aliphatic heterocycles. The summed E-state index contributed by atoms with van der Waals surface area (Å²) in [6, 6.07) is 0.304. The number of H-pyrrole nitrogens is 1. The molecule has 0 spiro atoms. The number of nitrogens with zero attached hydrogens (tertiary/aromatic N) is 3. The lowest BCUT2D eigenvalue weighted by Gasteiger charge is -2.32. The third-order valence-electron chi connectivity index (χ3n) is 4.54. The summed E-state index contributed by atoms with van der Waals surface area (Å²) in [5, 5.41) is 8.11. The second kappa shape index (κ2) is 6.35. The van der Waals surface area contributed by atoms with Crippen LogP contribution in [0.5, 0.6) is 0 Å². The van der Waals surface area contributed by atoms with Gasteiger partial charge in [0.25, 0.3) is 0 Å². The van der Waals surface area contributed by atoms with Crippen molar-refractivity contribution in [1.82, 2.24) is 15.2 Å². The highest BCUT2D eigenvalue weighted by molar-refractivity contribution is 7.99. The van der Waals surface area contributed by atoms with Gasteiger partial charge in [0, 0.05) is 19.1 Å². The summed E-state index contributed by atoms with van der Waals surface area (Å²) < 4.78 is 0. The number of hydrogen-bond acceptors (Lipinski definition) is 5. The van der Waals surface area contributed by atoms with Crippen molar-refractivity contribution < 1.29 is 0 Å². The van der Waals surface area contributed by atoms with Gasteiger partial charge in [-0.15, -0.1) is 5.10 Å². The summed E-state index contributed by atoms with van der Waals surface area (Å²) in [6.45, 7) is 4.17. The van der Waals surface area contributed by atoms with Gasteiger partial charge >= 0.3 is 0 Å². The van der Waals surface area contributed by atoms with Crippen LogP contribution in [-0.2, 0) is 0 Å². The maximum Gasteiger partial charge on any atom is 0.244 e. The van der Waals surface area contributed by atoms with E-state index in [-0.39, 0.29) is 0 Å². The van der Waals surface area contributed by atoms with Crippen molar-refractivity contribution in [1.29, 1.82) is 0 Å². The van der Waals surface area contributed by atoms with E-state index in [1.54, 1.807) is 0 Å². The molecule has 0 amide bonds. The first-order valence-electron chi connectivity index (χ1n) is 7.78. The Morgan fingerprint density at radius 2 is 2.10 bits per heavy atom. The van der Waals surface area contributed by atoms with Gasteiger partial charge in [0.15, 0.2) is 0 Å². The van der Waals surface area contributed by atoms with Gasteiger partial charge in [-0.1, -0.05) is 6.42 Å². The van der Waals surface area contributed by atoms with E-state index in [4.69, 9.17) is 10.7 Å². The molecule has 2 unspecified atom stereocenters. The molecule has 0 aliphatic carbocycles. The van der Waals surface area contributed by atoms with Crippen molar-refractivity contribution >= 4 is 17.7 Å². The second-order valence-corrected chi connectivity index (χ2v) is 7.37. The Kier molecular flexibility index (Phi) is 4.51. The lowest BCUT2D eigenvalue weighted by atomic mass is 9.91. The smallest absolute Gasteiger partial charge is 0.244 e. The van der Waals surface area contributed by atoms with Gasteiger partial charge in [-0.2, -0.15) is 16.7 Å². The Morgan fingerprint density at radius 1 is 1.30 bits per heavy atom. The summed E-state index contributed by atoms with van der Waals surface area (Å²) in [6.07, 6.45) is 6.19. The number of rotatable bonds is 3. The quantitative estimate of drug-likeness (QED) is 0.895. The van der Waals surface area contributed by atoms with Gasteiger partial charge in [-0.25, -0.2) is 0 Å². The maximum atomic E-state index is 5.99. The highest BCUT2D eigenvalue weighted by Gasteiger charge is 2.25. The zero-order chi connectivity index (χ0) is 13.9. The predicted molar refractivity (Wildman–Crippen MR) is 84.0 cm³/mol. The summed E-state index contributed by atoms with van der Waals surface area (Å²) in [7, 11) is 0. The van der Waals surface area contributed by atoms with Crippen molar-refractivity contribution in [2.24, 2.45) is 11.7 Å². The molecule has 112 valence electrons. The van der Waals surface area contributed by atoms with E-state index < -0.39 is 0 Å². The molecule has 0 radical (unpaired) electrons. The second-order valence-electron chi connectivity index (χ2n) is 6.06. The standard InChI is InChI=1S/C14H25N5S/c1-10(15)11-5-7-19(8-6-11)14-16-13(17-18-14)12-4-2-3-9-20-12/h10-12H,2-9,15H2,1H3,(H,16,17,18). The van der Waals surface area contributed by atoms with E-state index in [0.717, 1.165) is 37.7 Å². The minimum Gasteiger partial charge on any atom is -0.340 e. The van der Waals surface area contributed by atoms with Crippen LogP contribution in [0, 0.1) is 5.92 Å². The fourth-order valence-corrected chi connectivity index (χ4v) is 4.38. The molecule has 0 saturated carbocycles. The number of aromatic nitrogens is 3. The maximum absolute atomic E-state index is 5.99. The van der Waals surface area contributed by atoms with Gasteiger partial charge in [-0.3, -0.25) is 5.10 Å². The number of nitrogens with one attached hydrogen (secondary N) is 1. The Hall–Kier alpha value is -0.750. The number of nitrogens with two attached hydrogens (primary N) is 1. The van der Waals surface area contributed by atoms with Crippen molar-refractivity contribution in [2.45, 2.75) is 50.3 Å². The van der Waals surface area contributed by atoms with Crippen molar-refractivity contribution in [3.63, 3.8) is 0 Å². The van der Waals surface area contributed by atoms with Crippen LogP contribution in [0.15, 0.2) is 0 Å². The largest absolute Gasteiger partial charge is 0.340 e. The molecule has 1 aromatic rings. The molecule has 1 aromatic heterocycles. The van der Waals surface area contributed by atoms with E-state index in [0.29, 0.717) is 17.2 Å². The highest BCUT2D eigenvalue weighted by Crippen LogP contribution is 2.37. The minimum absolute atomic E-state index is 0.304. The van der Waals surface area contributed by atoms with Crippen LogP contribution < -0.4 is 10.6 Å². The molecule has 20 heavy (non-hydrogen) atoms. The van der Waals surface area contributed by atoms with Crippen LogP contribution in [0.3, 0.4) is 0 Å². The van der Waals surface area contributed by atoms with Crippen molar-refractivity contribution in [2.75, 3.05) is 23.7 Å². The lowest BCUT2D eigenvalue weighted by molar-refractivity contribution is 0.352. The summed E-state index contributed by atoms with van der Waals surface area (Å²) in [4.78, 5) is 7.03. The SMILES string of the molecule is CC(N)C1CCN(c2n[nH]c(C3CCCCS3)n2)CC1. The van der Waals surface area contributed by atoms with Crippen LogP contribution in [-0.4, -0.2) is 40.1 Å². The Bertz CT molecular complexity index is 419. The number of anilines is 1. The van der Waals surface area contributed by atoms with Crippen LogP contribution in [0.4, 0.5) is 5.95 Å². The Morgan fingerprint density at radius 3 is 2.75 bits per heavy atom. The zero-order valence-electron chi connectivity index (χ0n) is 12.2. The number of piperidine rings is 1. The average molecular weight is 295 g/mol. The van der Waals surface area contributed by atoms with Crippen LogP contribution in [0.25, 0.3) is 0 Å². The number of hydrogen-bond donors (Lipinski definition) is 2. The third-order valence-corrected chi connectivity index (χ3v) is 5.93. The van der Waals surface area contributed by atoms with Crippen LogP contribution in [0.2, 0.25) is 0 Å². The Balaban J connectivity index is 1.60. The van der Waals surface area contributed by atoms with Gasteiger partial charge in [0.05, 0.1) is 5.25 Å². The number of aromatic amines is 1. The first kappa shape index (κ1) is 14.2. The molecule has 0 aromatic carbocycles. The van der Waals surface area contributed by atoms with E-state index in [1.165, 1.54) is 25.0 Å². The molecule has 3 heterocycles. The predicted octanol–water partition coefficient (Wildman–Crippen LogP) is 2.33. The minimum atomic E-state index is 0.304. The van der Waals surface area contributed by atoms with Gasteiger partial charge in [-0.05, 0) is 44.3 Å². The highest BCUT2D eigenvalue weighted by atomic mass is 32.2. The van der Waals surface area contributed by atoms with E-state index in [1.807, 2.05) is 11.8 Å². The molecular formula is C14H25N5S. The molecule has 2 aliphatic rings. The third kappa shape index (κ3) is 3.11. The molecule has 3 rings (SSSR count). The zero-order valence-corrected chi connectivity index (χ0v) is 13.0. The summed E-state index contributed by atoms with van der Waals surface area (Å²) >= 11 is 2.01. The molecule has 6 heteroatoms. The normalized spacial score (nSPS) is 26.7. The molecule has 3 N–H and O–H groups in total. The van der Waals surface area contributed by atoms with E-state index >= 15 is 0 Å². The monoisotopic (exact) mass is 295 g/mol. The topological polar surface area (TPSA) is 70.8 Å². The summed E-state index contributed by atoms with van der Waals surface area (Å²) in [5.74, 6) is 3.85. The first-order chi connectivity index (χ1) is 9.74. The van der Waals surface area contributed by atoms with Crippen LogP contribution >= 0.6 is 11.8 Å². The van der Waals surface area contributed by atoms with Gasteiger partial charge in [0.1, 0.15) is 5.82 Å². The fourth-order valence-electron chi connectivity index (χ4n) is 3.13. The van der Waals surface area contributed by atoms with Gasteiger partial charge < -0.3 is 10.6 Å². The fraction of sp³-hybridized carbons (Fsp3) is 0.857. The van der Waals surface area contributed by atoms with Crippen molar-refractivity contribution in [3.05, 3.63) is 5.82 Å². The van der Waals surface area contributed by atoms with Gasteiger partial charge in [0.2, 0.25) is 5.95 Å². The molecule has 2 fully saturated rings. The Labute approximate surface area is 125 Å². The summed E-state index contributed by atoms with van der Waals surface area (Å²) in [5.41, 5.74) is 5.99. The number of thioether (sulfide) groups is 1. The molecular weight excluding hydrogens is 270 g/mol. The molecule has 2 atom stereocenters. The first-order valence-corrected chi connectivity index (χ1v) is 8.83. The molecule has 0 bridgehead atoms. The molecule has 2 saturated heterocycles. The van der Waals surface area contributed by atoms with Crippen molar-refractivity contribution in [3.8, 4) is 0 Å². The lowest BCUT2D eigenvalue weighted by Crippen LogP contribution is -2.40. The van der Waals surface area contributed by atoms with Crippen LogP contribution in [0.1, 0.15) is 50.1 Å². The van der Waals surface area contributed by atoms with E-state index in [9.17, 15) is 0 Å². The van der Waals surface area contributed by atoms with E-state index in [2.05, 4.69) is 22.0 Å².